The van der Waals surface area contributed by atoms with Crippen LogP contribution in [-0.4, -0.2) is 19.7 Å². The number of aromatic nitrogens is 1. The Kier molecular flexibility index (Phi) is 4.24. The molecule has 3 rings (SSSR count). The average Bonchev–Trinajstić information content (AvgIpc) is 2.99. The van der Waals surface area contributed by atoms with Crippen LogP contribution in [0.4, 0.5) is 4.39 Å². The lowest BCUT2D eigenvalue weighted by Gasteiger charge is -2.03. The Morgan fingerprint density at radius 1 is 1.04 bits per heavy atom. The highest BCUT2D eigenvalue weighted by atomic mass is 32.2. The van der Waals surface area contributed by atoms with Crippen LogP contribution >= 0.6 is 0 Å². The van der Waals surface area contributed by atoms with Gasteiger partial charge in [0.15, 0.2) is 21.5 Å². The van der Waals surface area contributed by atoms with Crippen molar-refractivity contribution < 1.29 is 17.2 Å². The predicted octanol–water partition coefficient (Wildman–Crippen LogP) is 3.93. The van der Waals surface area contributed by atoms with E-state index in [2.05, 4.69) is 11.9 Å². The molecule has 1 radical (unpaired) electrons. The van der Waals surface area contributed by atoms with E-state index in [1.165, 1.54) is 24.3 Å². The standard InChI is InChI=1S/C18H15FNO3S/c1-3-16-20-17(12-4-8-14(19)9-5-12)18(23-16)13-6-10-15(11-7-13)24(2,21)22/h4-11H,1,3H2,2H3. The zero-order chi connectivity index (χ0) is 17.3. The van der Waals surface area contributed by atoms with Crippen molar-refractivity contribution in [1.82, 2.24) is 4.98 Å². The lowest BCUT2D eigenvalue weighted by Crippen LogP contribution is -1.96. The lowest BCUT2D eigenvalue weighted by atomic mass is 10.1. The van der Waals surface area contributed by atoms with Crippen LogP contribution in [0.25, 0.3) is 22.6 Å². The van der Waals surface area contributed by atoms with E-state index in [1.54, 1.807) is 24.3 Å². The zero-order valence-corrected chi connectivity index (χ0v) is 13.8. The first-order valence-corrected chi connectivity index (χ1v) is 9.13. The molecule has 1 heterocycles. The maximum Gasteiger partial charge on any atom is 0.195 e. The van der Waals surface area contributed by atoms with Crippen molar-refractivity contribution in [3.05, 3.63) is 67.2 Å². The molecular formula is C18H15FNO3S. The van der Waals surface area contributed by atoms with Gasteiger partial charge in [-0.3, -0.25) is 0 Å². The van der Waals surface area contributed by atoms with E-state index in [1.807, 2.05) is 0 Å². The minimum absolute atomic E-state index is 0.228. The topological polar surface area (TPSA) is 60.2 Å². The van der Waals surface area contributed by atoms with Gasteiger partial charge in [-0.15, -0.1) is 0 Å². The van der Waals surface area contributed by atoms with Crippen molar-refractivity contribution in [2.75, 3.05) is 6.26 Å². The van der Waals surface area contributed by atoms with Crippen LogP contribution in [0.15, 0.2) is 57.8 Å². The van der Waals surface area contributed by atoms with E-state index in [-0.39, 0.29) is 10.7 Å². The average molecular weight is 344 g/mol. The fourth-order valence-electron chi connectivity index (χ4n) is 2.32. The van der Waals surface area contributed by atoms with Crippen LogP contribution in [0.5, 0.6) is 0 Å². The summed E-state index contributed by atoms with van der Waals surface area (Å²) in [6.45, 7) is 3.76. The van der Waals surface area contributed by atoms with Crippen LogP contribution in [0.2, 0.25) is 0 Å². The van der Waals surface area contributed by atoms with Gasteiger partial charge in [-0.1, -0.05) is 0 Å². The van der Waals surface area contributed by atoms with E-state index in [9.17, 15) is 12.8 Å². The van der Waals surface area contributed by atoms with Gasteiger partial charge in [0.05, 0.1) is 4.90 Å². The van der Waals surface area contributed by atoms with Crippen LogP contribution in [0.3, 0.4) is 0 Å². The SMILES string of the molecule is [CH2]Cc1nc(-c2ccc(F)cc2)c(-c2ccc(S(C)(=O)=O)cc2)o1. The van der Waals surface area contributed by atoms with Crippen molar-refractivity contribution in [2.45, 2.75) is 11.3 Å². The minimum Gasteiger partial charge on any atom is -0.440 e. The molecule has 24 heavy (non-hydrogen) atoms. The summed E-state index contributed by atoms with van der Waals surface area (Å²) in [6.07, 6.45) is 1.52. The Hall–Kier alpha value is -2.47. The number of oxazole rings is 1. The van der Waals surface area contributed by atoms with Crippen LogP contribution in [-0.2, 0) is 16.3 Å². The molecule has 0 bridgehead atoms. The third kappa shape index (κ3) is 3.23. The number of hydrogen-bond acceptors (Lipinski definition) is 4. The summed E-state index contributed by atoms with van der Waals surface area (Å²) in [5.74, 6) is 0.621. The molecule has 0 atom stereocenters. The Balaban J connectivity index is 2.10. The first-order valence-electron chi connectivity index (χ1n) is 7.24. The molecule has 0 fully saturated rings. The molecule has 0 saturated carbocycles. The van der Waals surface area contributed by atoms with Gasteiger partial charge in [-0.2, -0.15) is 0 Å². The molecule has 0 aliphatic heterocycles. The second kappa shape index (κ2) is 6.20. The van der Waals surface area contributed by atoms with Gasteiger partial charge in [0.25, 0.3) is 0 Å². The van der Waals surface area contributed by atoms with Crippen molar-refractivity contribution in [3.63, 3.8) is 0 Å². The molecule has 0 amide bonds. The van der Waals surface area contributed by atoms with Crippen LogP contribution in [0.1, 0.15) is 5.89 Å². The van der Waals surface area contributed by atoms with Crippen molar-refractivity contribution >= 4 is 9.84 Å². The summed E-state index contributed by atoms with van der Waals surface area (Å²) in [7, 11) is -3.27. The molecule has 6 heteroatoms. The van der Waals surface area contributed by atoms with Gasteiger partial charge in [-0.25, -0.2) is 17.8 Å². The Morgan fingerprint density at radius 3 is 2.17 bits per heavy atom. The first-order chi connectivity index (χ1) is 11.4. The smallest absolute Gasteiger partial charge is 0.195 e. The molecule has 0 aliphatic carbocycles. The second-order valence-corrected chi connectivity index (χ2v) is 7.35. The summed E-state index contributed by atoms with van der Waals surface area (Å²) < 4.78 is 42.0. The molecule has 2 aromatic carbocycles. The maximum absolute atomic E-state index is 13.1. The highest BCUT2D eigenvalue weighted by Gasteiger charge is 2.17. The van der Waals surface area contributed by atoms with Gasteiger partial charge < -0.3 is 4.42 Å². The highest BCUT2D eigenvalue weighted by Crippen LogP contribution is 2.33. The van der Waals surface area contributed by atoms with Gasteiger partial charge in [0.1, 0.15) is 11.5 Å². The quantitative estimate of drug-likeness (QED) is 0.719. The molecule has 0 saturated heterocycles. The number of rotatable bonds is 4. The summed E-state index contributed by atoms with van der Waals surface area (Å²) >= 11 is 0. The summed E-state index contributed by atoms with van der Waals surface area (Å²) in [5.41, 5.74) is 1.97. The zero-order valence-electron chi connectivity index (χ0n) is 13.0. The third-order valence-electron chi connectivity index (χ3n) is 3.55. The Bertz CT molecular complexity index is 959. The number of halogens is 1. The van der Waals surface area contributed by atoms with E-state index < -0.39 is 9.84 Å². The molecule has 0 aliphatic rings. The van der Waals surface area contributed by atoms with Crippen molar-refractivity contribution in [1.29, 1.82) is 0 Å². The monoisotopic (exact) mass is 344 g/mol. The minimum atomic E-state index is -3.27. The number of nitrogens with zero attached hydrogens (tertiary/aromatic N) is 1. The largest absolute Gasteiger partial charge is 0.440 e. The Morgan fingerprint density at radius 2 is 1.62 bits per heavy atom. The van der Waals surface area contributed by atoms with Crippen molar-refractivity contribution in [3.8, 4) is 22.6 Å². The van der Waals surface area contributed by atoms with Gasteiger partial charge in [-0.05, 0) is 55.5 Å². The van der Waals surface area contributed by atoms with E-state index in [4.69, 9.17) is 4.42 Å². The van der Waals surface area contributed by atoms with Crippen LogP contribution in [0, 0.1) is 12.7 Å². The van der Waals surface area contributed by atoms with Crippen molar-refractivity contribution in [2.24, 2.45) is 0 Å². The summed E-state index contributed by atoms with van der Waals surface area (Å²) in [6, 6.07) is 12.3. The lowest BCUT2D eigenvalue weighted by molar-refractivity contribution is 0.521. The highest BCUT2D eigenvalue weighted by molar-refractivity contribution is 7.90. The van der Waals surface area contributed by atoms with Gasteiger partial charge in [0.2, 0.25) is 0 Å². The molecule has 1 aromatic heterocycles. The van der Waals surface area contributed by atoms with E-state index in [0.717, 1.165) is 6.26 Å². The molecular weight excluding hydrogens is 329 g/mol. The van der Waals surface area contributed by atoms with Crippen LogP contribution < -0.4 is 0 Å². The fourth-order valence-corrected chi connectivity index (χ4v) is 2.95. The summed E-state index contributed by atoms with van der Waals surface area (Å²) in [5, 5.41) is 0. The molecule has 4 nitrogen and oxygen atoms in total. The molecule has 123 valence electrons. The molecule has 0 N–H and O–H groups in total. The third-order valence-corrected chi connectivity index (χ3v) is 4.68. The maximum atomic E-state index is 13.1. The molecule has 0 unspecified atom stereocenters. The normalized spacial score (nSPS) is 11.6. The van der Waals surface area contributed by atoms with Gasteiger partial charge in [0, 0.05) is 23.8 Å². The predicted molar refractivity (Wildman–Crippen MR) is 89.5 cm³/mol. The summed E-state index contributed by atoms with van der Waals surface area (Å²) in [4.78, 5) is 4.63. The Labute approximate surface area is 139 Å². The molecule has 3 aromatic rings. The first kappa shape index (κ1) is 16.4. The van der Waals surface area contributed by atoms with E-state index in [0.29, 0.717) is 34.9 Å². The number of hydrogen-bond donors (Lipinski definition) is 0. The number of benzene rings is 2. The fraction of sp³-hybridized carbons (Fsp3) is 0.111. The molecule has 0 spiro atoms. The van der Waals surface area contributed by atoms with E-state index >= 15 is 0 Å². The number of sulfone groups is 1. The van der Waals surface area contributed by atoms with Gasteiger partial charge >= 0.3 is 0 Å². The second-order valence-electron chi connectivity index (χ2n) is 5.34.